The molecule has 2 aliphatic rings. The average Bonchev–Trinajstić information content (AvgIpc) is 3.10. The molecule has 11 heteroatoms. The molecular formula is C30H37N5O6. The molecule has 2 N–H and O–H groups in total. The van der Waals surface area contributed by atoms with E-state index in [1.807, 2.05) is 42.5 Å². The molecule has 41 heavy (non-hydrogen) atoms. The fourth-order valence-electron chi connectivity index (χ4n) is 5.15. The van der Waals surface area contributed by atoms with E-state index in [0.717, 1.165) is 41.7 Å². The van der Waals surface area contributed by atoms with Gasteiger partial charge >= 0.3 is 5.76 Å². The first-order valence-corrected chi connectivity index (χ1v) is 14.1. The van der Waals surface area contributed by atoms with Crippen molar-refractivity contribution in [3.05, 3.63) is 58.6 Å². The van der Waals surface area contributed by atoms with Gasteiger partial charge in [0.2, 0.25) is 0 Å². The topological polar surface area (TPSA) is 131 Å². The van der Waals surface area contributed by atoms with Crippen LogP contribution < -0.4 is 16.4 Å². The van der Waals surface area contributed by atoms with Crippen LogP contribution in [0.2, 0.25) is 0 Å². The number of hydrogen-bond acceptors (Lipinski definition) is 9. The molecule has 0 saturated carbocycles. The summed E-state index contributed by atoms with van der Waals surface area (Å²) in [5.41, 5.74) is 4.14. The van der Waals surface area contributed by atoms with E-state index in [4.69, 9.17) is 18.6 Å². The lowest BCUT2D eigenvalue weighted by Crippen LogP contribution is -2.51. The molecule has 1 amide bonds. The zero-order valence-corrected chi connectivity index (χ0v) is 23.3. The Hall–Kier alpha value is -3.53. The van der Waals surface area contributed by atoms with E-state index in [-0.39, 0.29) is 11.7 Å². The van der Waals surface area contributed by atoms with E-state index in [0.29, 0.717) is 64.1 Å². The normalized spacial score (nSPS) is 18.5. The van der Waals surface area contributed by atoms with Crippen LogP contribution >= 0.6 is 0 Å². The summed E-state index contributed by atoms with van der Waals surface area (Å²) in [4.78, 5) is 27.6. The Kier molecular flexibility index (Phi) is 9.82. The Labute approximate surface area is 239 Å². The van der Waals surface area contributed by atoms with Crippen LogP contribution in [0.25, 0.3) is 22.2 Å². The van der Waals surface area contributed by atoms with Crippen molar-refractivity contribution in [1.29, 1.82) is 5.26 Å². The van der Waals surface area contributed by atoms with E-state index < -0.39 is 12.1 Å². The van der Waals surface area contributed by atoms with Crippen LogP contribution in [-0.4, -0.2) is 93.3 Å². The maximum absolute atomic E-state index is 12.7. The molecule has 2 fully saturated rings. The third-order valence-electron chi connectivity index (χ3n) is 7.64. The number of carbonyl (C=O) groups is 1. The highest BCUT2D eigenvalue weighted by molar-refractivity contribution is 5.82. The molecule has 2 atom stereocenters. The molecule has 1 aromatic heterocycles. The number of hydrogen-bond donors (Lipinski definition) is 2. The molecule has 2 aromatic carbocycles. The third kappa shape index (κ3) is 7.22. The van der Waals surface area contributed by atoms with Crippen molar-refractivity contribution < 1.29 is 23.4 Å². The number of ether oxygens (including phenoxy) is 3. The Bertz CT molecular complexity index is 1400. The fourth-order valence-corrected chi connectivity index (χ4v) is 5.15. The highest BCUT2D eigenvalue weighted by atomic mass is 16.5. The summed E-state index contributed by atoms with van der Waals surface area (Å²) in [6, 6.07) is 15.5. The minimum Gasteiger partial charge on any atom is -0.408 e. The van der Waals surface area contributed by atoms with E-state index in [2.05, 4.69) is 21.6 Å². The van der Waals surface area contributed by atoms with Crippen LogP contribution in [0.4, 0.5) is 0 Å². The van der Waals surface area contributed by atoms with Crippen LogP contribution in [0.5, 0.6) is 0 Å². The van der Waals surface area contributed by atoms with E-state index >= 15 is 0 Å². The molecule has 218 valence electrons. The van der Waals surface area contributed by atoms with Crippen molar-refractivity contribution in [2.45, 2.75) is 37.6 Å². The molecular weight excluding hydrogens is 526 g/mol. The number of nitrogens with one attached hydrogen (secondary N) is 2. The lowest BCUT2D eigenvalue weighted by Gasteiger charge is -2.37. The van der Waals surface area contributed by atoms with Gasteiger partial charge in [-0.1, -0.05) is 30.3 Å². The molecule has 2 saturated heterocycles. The lowest BCUT2D eigenvalue weighted by molar-refractivity contribution is -0.132. The minimum atomic E-state index is -0.660. The quantitative estimate of drug-likeness (QED) is 0.337. The Morgan fingerprint density at radius 1 is 1.22 bits per heavy atom. The number of fused-ring (bicyclic) bond motifs is 1. The minimum absolute atomic E-state index is 0.273. The van der Waals surface area contributed by atoms with Gasteiger partial charge in [-0.3, -0.25) is 14.3 Å². The predicted molar refractivity (Wildman–Crippen MR) is 152 cm³/mol. The average molecular weight is 564 g/mol. The summed E-state index contributed by atoms with van der Waals surface area (Å²) in [5.74, 6) is -0.649. The van der Waals surface area contributed by atoms with Crippen molar-refractivity contribution in [2.24, 2.45) is 0 Å². The number of carbonyl (C=O) groups excluding carboxylic acids is 1. The number of oxazole rings is 1. The van der Waals surface area contributed by atoms with Crippen molar-refractivity contribution in [1.82, 2.24) is 20.1 Å². The van der Waals surface area contributed by atoms with Gasteiger partial charge in [-0.25, -0.2) is 4.79 Å². The Morgan fingerprint density at radius 3 is 2.76 bits per heavy atom. The number of amides is 1. The number of aromatic nitrogens is 1. The summed E-state index contributed by atoms with van der Waals surface area (Å²) in [7, 11) is 1.68. The summed E-state index contributed by atoms with van der Waals surface area (Å²) in [5, 5.41) is 15.6. The lowest BCUT2D eigenvalue weighted by atomic mass is 10.0. The number of nitriles is 1. The fraction of sp³-hybridized carbons (Fsp3) is 0.500. The molecule has 3 aromatic rings. The van der Waals surface area contributed by atoms with Gasteiger partial charge in [-0.05, 0) is 41.8 Å². The summed E-state index contributed by atoms with van der Waals surface area (Å²) in [6.45, 7) is 5.73. The number of methoxy groups -OCH3 is 1. The summed E-state index contributed by atoms with van der Waals surface area (Å²) < 4.78 is 23.4. The van der Waals surface area contributed by atoms with Gasteiger partial charge < -0.3 is 29.3 Å². The number of nitrogens with zero attached hydrogens (tertiary/aromatic N) is 3. The second kappa shape index (κ2) is 13.9. The molecule has 0 bridgehead atoms. The molecule has 0 radical (unpaired) electrons. The van der Waals surface area contributed by atoms with Crippen molar-refractivity contribution >= 4 is 17.0 Å². The summed E-state index contributed by atoms with van der Waals surface area (Å²) >= 11 is 0. The zero-order valence-electron chi connectivity index (χ0n) is 23.3. The largest absolute Gasteiger partial charge is 0.419 e. The maximum Gasteiger partial charge on any atom is 0.419 e. The van der Waals surface area contributed by atoms with Gasteiger partial charge in [0.1, 0.15) is 12.1 Å². The van der Waals surface area contributed by atoms with Crippen LogP contribution in [0, 0.1) is 11.3 Å². The predicted octanol–water partition coefficient (Wildman–Crippen LogP) is 1.54. The monoisotopic (exact) mass is 563 g/mol. The Morgan fingerprint density at radius 2 is 2.02 bits per heavy atom. The highest BCUT2D eigenvalue weighted by Gasteiger charge is 2.26. The highest BCUT2D eigenvalue weighted by Crippen LogP contribution is 2.25. The first-order valence-electron chi connectivity index (χ1n) is 14.1. The smallest absolute Gasteiger partial charge is 0.408 e. The van der Waals surface area contributed by atoms with Gasteiger partial charge in [0.25, 0.3) is 5.91 Å². The third-order valence-corrected chi connectivity index (χ3v) is 7.64. The van der Waals surface area contributed by atoms with Gasteiger partial charge in [0.15, 0.2) is 5.58 Å². The molecule has 0 spiro atoms. The van der Waals surface area contributed by atoms with Crippen molar-refractivity contribution in [2.75, 3.05) is 59.7 Å². The molecule has 2 aliphatic heterocycles. The van der Waals surface area contributed by atoms with Gasteiger partial charge in [0, 0.05) is 46.3 Å². The van der Waals surface area contributed by atoms with E-state index in [1.165, 1.54) is 0 Å². The van der Waals surface area contributed by atoms with Crippen LogP contribution in [0.15, 0.2) is 51.7 Å². The number of benzene rings is 2. The zero-order chi connectivity index (χ0) is 28.6. The van der Waals surface area contributed by atoms with Gasteiger partial charge in [-0.15, -0.1) is 0 Å². The van der Waals surface area contributed by atoms with Crippen LogP contribution in [-0.2, 0) is 32.0 Å². The molecule has 3 heterocycles. The maximum atomic E-state index is 12.7. The van der Waals surface area contributed by atoms with Gasteiger partial charge in [0.05, 0.1) is 37.4 Å². The first kappa shape index (κ1) is 29.0. The van der Waals surface area contributed by atoms with Crippen LogP contribution in [0.1, 0.15) is 12.0 Å². The Balaban J connectivity index is 1.25. The molecule has 5 rings (SSSR count). The van der Waals surface area contributed by atoms with Crippen molar-refractivity contribution in [3.63, 3.8) is 0 Å². The van der Waals surface area contributed by atoms with Gasteiger partial charge in [-0.2, -0.15) is 5.26 Å². The summed E-state index contributed by atoms with van der Waals surface area (Å²) in [6.07, 6.45) is 0.647. The standard InChI is InChI=1S/C30H37N5O6/c1-38-14-12-34(25-19-39-20-25)10-11-35-26-16-23(7-8-27(26)41-30(35)37)22-5-3-21(4-6-22)15-24(17-31)33-29(36)28-18-32-9-2-13-40-28/h3-8,16,24-25,28,32H,2,9-15,18-20H2,1H3,(H,33,36). The van der Waals surface area contributed by atoms with Crippen molar-refractivity contribution in [3.8, 4) is 17.2 Å². The first-order chi connectivity index (χ1) is 20.1. The SMILES string of the molecule is COCCN(CCn1c(=O)oc2ccc(-c3ccc(CC(C#N)NC(=O)C4CNCCCO4)cc3)cc21)C1COC1. The number of rotatable bonds is 12. The van der Waals surface area contributed by atoms with E-state index in [9.17, 15) is 14.9 Å². The molecule has 0 aliphatic carbocycles. The second-order valence-electron chi connectivity index (χ2n) is 10.4. The second-order valence-corrected chi connectivity index (χ2v) is 10.4. The van der Waals surface area contributed by atoms with Crippen LogP contribution in [0.3, 0.4) is 0 Å². The van der Waals surface area contributed by atoms with E-state index in [1.54, 1.807) is 11.7 Å². The molecule has 2 unspecified atom stereocenters. The molecule has 11 nitrogen and oxygen atoms in total.